The molecule has 6 nitrogen and oxygen atoms in total. The third-order valence-electron chi connectivity index (χ3n) is 5.58. The fourth-order valence-corrected chi connectivity index (χ4v) is 5.72. The van der Waals surface area contributed by atoms with Gasteiger partial charge in [-0.05, 0) is 17.7 Å². The fourth-order valence-electron chi connectivity index (χ4n) is 3.96. The Balaban J connectivity index is 1.38. The molecule has 0 amide bonds. The summed E-state index contributed by atoms with van der Waals surface area (Å²) in [5.41, 5.74) is 3.89. The summed E-state index contributed by atoms with van der Waals surface area (Å²) in [6.45, 7) is 0.434. The highest BCUT2D eigenvalue weighted by atomic mass is 32.2. The van der Waals surface area contributed by atoms with E-state index in [4.69, 9.17) is 4.98 Å². The maximum Gasteiger partial charge on any atom is 0.263 e. The molecule has 0 radical (unpaired) electrons. The van der Waals surface area contributed by atoms with Crippen molar-refractivity contribution in [1.82, 2.24) is 24.1 Å². The van der Waals surface area contributed by atoms with E-state index >= 15 is 0 Å². The lowest BCUT2D eigenvalue weighted by Gasteiger charge is -2.11. The van der Waals surface area contributed by atoms with Crippen LogP contribution < -0.4 is 5.56 Å². The van der Waals surface area contributed by atoms with Crippen LogP contribution in [-0.2, 0) is 12.3 Å². The number of aromatic nitrogens is 5. The molecule has 6 rings (SSSR count). The van der Waals surface area contributed by atoms with E-state index in [1.807, 2.05) is 77.2 Å². The Morgan fingerprint density at radius 2 is 1.59 bits per heavy atom. The molecule has 0 saturated carbocycles. The van der Waals surface area contributed by atoms with Gasteiger partial charge in [0, 0.05) is 16.7 Å². The molecule has 3 aromatic carbocycles. The number of hydrogen-bond acceptors (Lipinski definition) is 6. The summed E-state index contributed by atoms with van der Waals surface area (Å²) in [6, 6.07) is 27.8. The number of para-hydroxylation sites is 1. The molecule has 0 bridgehead atoms. The maximum atomic E-state index is 13.3. The van der Waals surface area contributed by atoms with Crippen LogP contribution in [0.1, 0.15) is 11.3 Å². The van der Waals surface area contributed by atoms with Gasteiger partial charge in [0.05, 0.1) is 23.1 Å². The zero-order valence-electron chi connectivity index (χ0n) is 18.0. The Kier molecular flexibility index (Phi) is 5.44. The van der Waals surface area contributed by atoms with E-state index in [1.165, 1.54) is 0 Å². The minimum absolute atomic E-state index is 0.0668. The van der Waals surface area contributed by atoms with E-state index in [9.17, 15) is 4.79 Å². The SMILES string of the molecule is O=c1c2ccccc2n2c(SCc3csc(-c4ccccc4)n3)nnc2n1Cc1ccccc1. The van der Waals surface area contributed by atoms with E-state index in [0.717, 1.165) is 32.5 Å². The second kappa shape index (κ2) is 8.89. The molecule has 3 heterocycles. The summed E-state index contributed by atoms with van der Waals surface area (Å²) in [5.74, 6) is 1.20. The maximum absolute atomic E-state index is 13.3. The first kappa shape index (κ1) is 20.8. The molecule has 0 spiro atoms. The molecule has 0 N–H and O–H groups in total. The first-order chi connectivity index (χ1) is 16.8. The van der Waals surface area contributed by atoms with Gasteiger partial charge in [0.2, 0.25) is 5.78 Å². The lowest BCUT2D eigenvalue weighted by molar-refractivity contribution is 0.764. The van der Waals surface area contributed by atoms with Crippen LogP contribution in [0.3, 0.4) is 0 Å². The van der Waals surface area contributed by atoms with E-state index in [0.29, 0.717) is 23.5 Å². The lowest BCUT2D eigenvalue weighted by atomic mass is 10.2. The van der Waals surface area contributed by atoms with Crippen LogP contribution in [0.15, 0.2) is 100 Å². The van der Waals surface area contributed by atoms with Crippen molar-refractivity contribution >= 4 is 39.8 Å². The molecule has 0 aliphatic rings. The quantitative estimate of drug-likeness (QED) is 0.294. The monoisotopic (exact) mass is 481 g/mol. The minimum Gasteiger partial charge on any atom is -0.272 e. The van der Waals surface area contributed by atoms with Crippen molar-refractivity contribution in [2.75, 3.05) is 0 Å². The largest absolute Gasteiger partial charge is 0.272 e. The highest BCUT2D eigenvalue weighted by Crippen LogP contribution is 2.28. The standard InChI is InChI=1S/C26H19N5OS2/c32-24-21-13-7-8-14-22(21)31-25(30(24)15-18-9-3-1-4-10-18)28-29-26(31)34-17-20-16-33-23(27-20)19-11-5-2-6-12-19/h1-14,16H,15,17H2. The molecule has 166 valence electrons. The van der Waals surface area contributed by atoms with Crippen molar-refractivity contribution in [3.8, 4) is 10.6 Å². The van der Waals surface area contributed by atoms with Crippen LogP contribution in [-0.4, -0.2) is 24.1 Å². The topological polar surface area (TPSA) is 65.1 Å². The van der Waals surface area contributed by atoms with Crippen LogP contribution in [0.25, 0.3) is 27.3 Å². The zero-order valence-corrected chi connectivity index (χ0v) is 19.7. The average Bonchev–Trinajstić information content (AvgIpc) is 3.54. The van der Waals surface area contributed by atoms with Crippen molar-refractivity contribution in [2.45, 2.75) is 17.5 Å². The number of thioether (sulfide) groups is 1. The molecule has 0 saturated heterocycles. The van der Waals surface area contributed by atoms with Crippen molar-refractivity contribution in [1.29, 1.82) is 0 Å². The molecule has 34 heavy (non-hydrogen) atoms. The summed E-state index contributed by atoms with van der Waals surface area (Å²) in [7, 11) is 0. The normalized spacial score (nSPS) is 11.4. The van der Waals surface area contributed by atoms with Crippen LogP contribution in [0.5, 0.6) is 0 Å². The molecule has 0 unspecified atom stereocenters. The first-order valence-electron chi connectivity index (χ1n) is 10.8. The van der Waals surface area contributed by atoms with Gasteiger partial charge >= 0.3 is 0 Å². The van der Waals surface area contributed by atoms with Crippen molar-refractivity contribution in [2.24, 2.45) is 0 Å². The molecule has 3 aromatic heterocycles. The van der Waals surface area contributed by atoms with Crippen LogP contribution in [0.4, 0.5) is 0 Å². The fraction of sp³-hybridized carbons (Fsp3) is 0.0769. The molecular formula is C26H19N5OS2. The van der Waals surface area contributed by atoms with Crippen molar-refractivity contribution in [3.63, 3.8) is 0 Å². The number of thiazole rings is 1. The predicted molar refractivity (Wildman–Crippen MR) is 137 cm³/mol. The lowest BCUT2D eigenvalue weighted by Crippen LogP contribution is -2.24. The van der Waals surface area contributed by atoms with Gasteiger partial charge in [-0.25, -0.2) is 4.98 Å². The molecule has 6 aromatic rings. The summed E-state index contributed by atoms with van der Waals surface area (Å²) in [5, 5.41) is 13.4. The molecule has 0 aliphatic carbocycles. The summed E-state index contributed by atoms with van der Waals surface area (Å²) < 4.78 is 3.68. The second-order valence-electron chi connectivity index (χ2n) is 7.81. The van der Waals surface area contributed by atoms with Gasteiger partial charge in [-0.3, -0.25) is 13.8 Å². The van der Waals surface area contributed by atoms with E-state index in [-0.39, 0.29) is 5.56 Å². The van der Waals surface area contributed by atoms with Crippen LogP contribution in [0, 0.1) is 0 Å². The van der Waals surface area contributed by atoms with Crippen LogP contribution >= 0.6 is 23.1 Å². The number of hydrogen-bond donors (Lipinski definition) is 0. The number of nitrogens with zero attached hydrogens (tertiary/aromatic N) is 5. The van der Waals surface area contributed by atoms with E-state index in [2.05, 4.69) is 27.7 Å². The zero-order chi connectivity index (χ0) is 22.9. The molecule has 8 heteroatoms. The average molecular weight is 482 g/mol. The summed E-state index contributed by atoms with van der Waals surface area (Å²) >= 11 is 3.21. The molecule has 0 atom stereocenters. The Labute approximate surface area is 203 Å². The number of rotatable bonds is 6. The smallest absolute Gasteiger partial charge is 0.263 e. The second-order valence-corrected chi connectivity index (χ2v) is 9.61. The Morgan fingerprint density at radius 1 is 0.853 bits per heavy atom. The molecule has 0 fully saturated rings. The third-order valence-corrected chi connectivity index (χ3v) is 7.49. The van der Waals surface area contributed by atoms with Gasteiger partial charge in [0.1, 0.15) is 5.01 Å². The minimum atomic E-state index is -0.0668. The Bertz CT molecular complexity index is 1660. The Hall–Kier alpha value is -3.75. The Morgan fingerprint density at radius 3 is 2.41 bits per heavy atom. The number of benzene rings is 3. The first-order valence-corrected chi connectivity index (χ1v) is 12.7. The van der Waals surface area contributed by atoms with Crippen LogP contribution in [0.2, 0.25) is 0 Å². The highest BCUT2D eigenvalue weighted by molar-refractivity contribution is 7.98. The van der Waals surface area contributed by atoms with Gasteiger partial charge in [0.15, 0.2) is 5.16 Å². The summed E-state index contributed by atoms with van der Waals surface area (Å²) in [6.07, 6.45) is 0. The van der Waals surface area contributed by atoms with Gasteiger partial charge in [0.25, 0.3) is 5.56 Å². The van der Waals surface area contributed by atoms with Crippen molar-refractivity contribution < 1.29 is 0 Å². The third kappa shape index (κ3) is 3.81. The van der Waals surface area contributed by atoms with Gasteiger partial charge in [-0.2, -0.15) is 0 Å². The van der Waals surface area contributed by atoms with Gasteiger partial charge in [-0.1, -0.05) is 84.6 Å². The van der Waals surface area contributed by atoms with E-state index in [1.54, 1.807) is 27.7 Å². The van der Waals surface area contributed by atoms with Crippen molar-refractivity contribution in [3.05, 3.63) is 112 Å². The van der Waals surface area contributed by atoms with Gasteiger partial charge < -0.3 is 0 Å². The molecule has 0 aliphatic heterocycles. The highest BCUT2D eigenvalue weighted by Gasteiger charge is 2.17. The number of fused-ring (bicyclic) bond motifs is 3. The summed E-state index contributed by atoms with van der Waals surface area (Å²) in [4.78, 5) is 18.1. The van der Waals surface area contributed by atoms with E-state index < -0.39 is 0 Å². The predicted octanol–water partition coefficient (Wildman–Crippen LogP) is 5.51. The van der Waals surface area contributed by atoms with Gasteiger partial charge in [-0.15, -0.1) is 21.5 Å². The molecular weight excluding hydrogens is 462 g/mol.